The molecular weight excluding hydrogens is 360 g/mol. The molecule has 0 aromatic rings. The van der Waals surface area contributed by atoms with Crippen molar-refractivity contribution in [1.82, 2.24) is 0 Å². The number of unbranched alkanes of at least 4 members (excludes halogenated alkanes) is 24. The summed E-state index contributed by atoms with van der Waals surface area (Å²) in [5.41, 5.74) is 0. The summed E-state index contributed by atoms with van der Waals surface area (Å²) in [6.07, 6.45) is 36.9. The smallest absolute Gasteiger partial charge is 0.0533 e. The van der Waals surface area contributed by atoms with E-state index in [9.17, 15) is 0 Å². The van der Waals surface area contributed by atoms with Crippen molar-refractivity contribution in [3.8, 4) is 0 Å². The van der Waals surface area contributed by atoms with Gasteiger partial charge in [-0.05, 0) is 0 Å². The fourth-order valence-electron chi connectivity index (χ4n) is 4.21. The Morgan fingerprint density at radius 3 is 0.429 bits per heavy atom. The quantitative estimate of drug-likeness (QED) is 0.137. The van der Waals surface area contributed by atoms with Crippen LogP contribution in [-0.4, -0.2) is 0 Å². The van der Waals surface area contributed by atoms with Gasteiger partial charge in [-0.25, -0.2) is 0 Å². The summed E-state index contributed by atoms with van der Waals surface area (Å²) in [6.45, 7) is 4.61. The molecule has 0 N–H and O–H groups in total. The van der Waals surface area contributed by atoms with E-state index in [1.54, 1.807) is 0 Å². The summed E-state index contributed by atoms with van der Waals surface area (Å²) in [6, 6.07) is 0. The maximum atomic E-state index is 2.30. The maximum Gasteiger partial charge on any atom is -0.0533 e. The molecule has 0 aliphatic carbocycles. The van der Waals surface area contributed by atoms with Crippen molar-refractivity contribution >= 4 is 12.4 Å². The summed E-state index contributed by atoms with van der Waals surface area (Å²) in [5, 5.41) is 0. The van der Waals surface area contributed by atoms with E-state index in [2.05, 4.69) is 13.8 Å². The van der Waals surface area contributed by atoms with Crippen molar-refractivity contribution in [3.05, 3.63) is 0 Å². The third kappa shape index (κ3) is 28.5. The van der Waals surface area contributed by atoms with Crippen LogP contribution in [0.15, 0.2) is 0 Å². The number of hydrogen-bond acceptors (Lipinski definition) is 0. The van der Waals surface area contributed by atoms with Crippen LogP contribution in [0.5, 0.6) is 0 Å². The van der Waals surface area contributed by atoms with Crippen LogP contribution in [0, 0.1) is 0 Å². The normalized spacial score (nSPS) is 10.9. The number of halogens is 1. The lowest BCUT2D eigenvalue weighted by Gasteiger charge is -2.04. The summed E-state index contributed by atoms with van der Waals surface area (Å²) in [7, 11) is 0. The van der Waals surface area contributed by atoms with E-state index in [1.165, 1.54) is 161 Å². The molecular formula is C27H57Cl. The van der Waals surface area contributed by atoms with Crippen molar-refractivity contribution in [2.75, 3.05) is 0 Å². The van der Waals surface area contributed by atoms with Gasteiger partial charge in [-0.3, -0.25) is 0 Å². The maximum absolute atomic E-state index is 2.30. The van der Waals surface area contributed by atoms with E-state index in [0.29, 0.717) is 0 Å². The minimum Gasteiger partial charge on any atom is -0.147 e. The van der Waals surface area contributed by atoms with Crippen molar-refractivity contribution in [2.45, 2.75) is 174 Å². The Bertz CT molecular complexity index is 214. The molecule has 0 amide bonds. The Hall–Kier alpha value is 0.290. The highest BCUT2D eigenvalue weighted by Crippen LogP contribution is 2.15. The molecule has 1 heteroatoms. The summed E-state index contributed by atoms with van der Waals surface area (Å²) in [4.78, 5) is 0. The Morgan fingerprint density at radius 1 is 0.214 bits per heavy atom. The lowest BCUT2D eigenvalue weighted by atomic mass is 10.0. The van der Waals surface area contributed by atoms with Crippen LogP contribution >= 0.6 is 12.4 Å². The molecule has 0 unspecified atom stereocenters. The molecule has 0 spiro atoms. The number of rotatable bonds is 24. The van der Waals surface area contributed by atoms with Gasteiger partial charge in [0.2, 0.25) is 0 Å². The average molecular weight is 417 g/mol. The minimum absolute atomic E-state index is 0. The van der Waals surface area contributed by atoms with Gasteiger partial charge in [0.15, 0.2) is 0 Å². The largest absolute Gasteiger partial charge is 0.147 e. The SMILES string of the molecule is CCCCCCCCCCCCCCCCCCCCCCCCCCC.Cl. The van der Waals surface area contributed by atoms with Crippen LogP contribution < -0.4 is 0 Å². The van der Waals surface area contributed by atoms with Crippen LogP contribution in [0.2, 0.25) is 0 Å². The second kappa shape index (κ2) is 29.5. The molecule has 0 heterocycles. The minimum atomic E-state index is 0. The Morgan fingerprint density at radius 2 is 0.321 bits per heavy atom. The van der Waals surface area contributed by atoms with E-state index in [0.717, 1.165) is 0 Å². The van der Waals surface area contributed by atoms with E-state index in [4.69, 9.17) is 0 Å². The van der Waals surface area contributed by atoms with Crippen molar-refractivity contribution in [1.29, 1.82) is 0 Å². The van der Waals surface area contributed by atoms with Crippen molar-refractivity contribution < 1.29 is 0 Å². The van der Waals surface area contributed by atoms with Gasteiger partial charge < -0.3 is 0 Å². The van der Waals surface area contributed by atoms with Gasteiger partial charge in [0.05, 0.1) is 0 Å². The molecule has 0 bridgehead atoms. The van der Waals surface area contributed by atoms with Crippen molar-refractivity contribution in [2.24, 2.45) is 0 Å². The zero-order valence-electron chi connectivity index (χ0n) is 20.1. The molecule has 172 valence electrons. The molecule has 0 nitrogen and oxygen atoms in total. The topological polar surface area (TPSA) is 0 Å². The fraction of sp³-hybridized carbons (Fsp3) is 1.00. The highest BCUT2D eigenvalue weighted by atomic mass is 35.5. The fourth-order valence-corrected chi connectivity index (χ4v) is 4.21. The lowest BCUT2D eigenvalue weighted by molar-refractivity contribution is 0.517. The van der Waals surface area contributed by atoms with Gasteiger partial charge in [-0.15, -0.1) is 12.4 Å². The van der Waals surface area contributed by atoms with E-state index in [1.807, 2.05) is 0 Å². The molecule has 0 aliphatic rings. The molecule has 0 radical (unpaired) electrons. The zero-order chi connectivity index (χ0) is 19.7. The highest BCUT2D eigenvalue weighted by Gasteiger charge is 1.95. The molecule has 0 fully saturated rings. The molecule has 0 aromatic heterocycles. The second-order valence-corrected chi connectivity index (χ2v) is 9.13. The molecule has 28 heavy (non-hydrogen) atoms. The molecule has 0 saturated heterocycles. The summed E-state index contributed by atoms with van der Waals surface area (Å²) >= 11 is 0. The molecule has 0 saturated carbocycles. The molecule has 0 aromatic carbocycles. The van der Waals surface area contributed by atoms with Crippen molar-refractivity contribution in [3.63, 3.8) is 0 Å². The van der Waals surface area contributed by atoms with E-state index >= 15 is 0 Å². The predicted molar refractivity (Wildman–Crippen MR) is 134 cm³/mol. The first-order valence-corrected chi connectivity index (χ1v) is 13.4. The van der Waals surface area contributed by atoms with Gasteiger partial charge in [-0.1, -0.05) is 174 Å². The van der Waals surface area contributed by atoms with E-state index in [-0.39, 0.29) is 12.4 Å². The monoisotopic (exact) mass is 416 g/mol. The van der Waals surface area contributed by atoms with Gasteiger partial charge in [-0.2, -0.15) is 0 Å². The second-order valence-electron chi connectivity index (χ2n) is 9.13. The first-order chi connectivity index (χ1) is 13.4. The first kappa shape index (κ1) is 30.5. The summed E-state index contributed by atoms with van der Waals surface area (Å²) < 4.78 is 0. The van der Waals surface area contributed by atoms with Crippen LogP contribution in [0.3, 0.4) is 0 Å². The van der Waals surface area contributed by atoms with Crippen LogP contribution in [0.1, 0.15) is 174 Å². The predicted octanol–water partition coefficient (Wildman–Crippen LogP) is 11.2. The van der Waals surface area contributed by atoms with E-state index < -0.39 is 0 Å². The number of hydrogen-bond donors (Lipinski definition) is 0. The van der Waals surface area contributed by atoms with Crippen LogP contribution in [-0.2, 0) is 0 Å². The van der Waals surface area contributed by atoms with Gasteiger partial charge >= 0.3 is 0 Å². The van der Waals surface area contributed by atoms with Gasteiger partial charge in [0.25, 0.3) is 0 Å². The molecule has 0 aliphatic heterocycles. The Kier molecular flexibility index (Phi) is 32.1. The third-order valence-electron chi connectivity index (χ3n) is 6.21. The molecule has 0 rings (SSSR count). The molecule has 0 atom stereocenters. The van der Waals surface area contributed by atoms with Gasteiger partial charge in [0, 0.05) is 0 Å². The standard InChI is InChI=1S/C27H56.ClH/c1-3-5-7-9-11-13-15-17-19-21-23-25-27-26-24-22-20-18-16-14-12-10-8-6-4-2;/h3-27H2,1-2H3;1H. The third-order valence-corrected chi connectivity index (χ3v) is 6.21. The average Bonchev–Trinajstić information content (AvgIpc) is 2.68. The highest BCUT2D eigenvalue weighted by molar-refractivity contribution is 5.85. The van der Waals surface area contributed by atoms with Gasteiger partial charge in [0.1, 0.15) is 0 Å². The lowest BCUT2D eigenvalue weighted by Crippen LogP contribution is -1.84. The Balaban J connectivity index is 0. The summed E-state index contributed by atoms with van der Waals surface area (Å²) in [5.74, 6) is 0. The van der Waals surface area contributed by atoms with Crippen LogP contribution in [0.25, 0.3) is 0 Å². The first-order valence-electron chi connectivity index (χ1n) is 13.4. The zero-order valence-corrected chi connectivity index (χ0v) is 20.9. The van der Waals surface area contributed by atoms with Crippen LogP contribution in [0.4, 0.5) is 0 Å². The Labute approximate surface area is 186 Å².